The summed E-state index contributed by atoms with van der Waals surface area (Å²) < 4.78 is 13.6. The summed E-state index contributed by atoms with van der Waals surface area (Å²) in [6.07, 6.45) is 0. The van der Waals surface area contributed by atoms with E-state index in [0.717, 1.165) is 0 Å². The molecule has 0 unspecified atom stereocenters. The van der Waals surface area contributed by atoms with E-state index in [9.17, 15) is 4.79 Å². The van der Waals surface area contributed by atoms with Gasteiger partial charge in [0, 0.05) is 6.54 Å². The highest BCUT2D eigenvalue weighted by Crippen LogP contribution is 2.28. The van der Waals surface area contributed by atoms with Gasteiger partial charge in [-0.05, 0) is 54.0 Å². The average molecular weight is 451 g/mol. The molecule has 0 saturated carbocycles. The third kappa shape index (κ3) is 4.72. The van der Waals surface area contributed by atoms with Crippen molar-refractivity contribution in [2.24, 2.45) is 0 Å². The van der Waals surface area contributed by atoms with E-state index in [1.165, 1.54) is 11.8 Å². The minimum Gasteiger partial charge on any atom is -0.492 e. The maximum absolute atomic E-state index is 12.4. The Labute approximate surface area is 169 Å². The van der Waals surface area contributed by atoms with E-state index in [4.69, 9.17) is 9.15 Å². The van der Waals surface area contributed by atoms with Crippen molar-refractivity contribution in [2.45, 2.75) is 25.5 Å². The van der Waals surface area contributed by atoms with Gasteiger partial charge in [-0.1, -0.05) is 23.9 Å². The number of aromatic nitrogens is 3. The van der Waals surface area contributed by atoms with Crippen molar-refractivity contribution in [3.63, 3.8) is 0 Å². The molecule has 0 bridgehead atoms. The number of carbonyl (C=O) groups is 1. The van der Waals surface area contributed by atoms with Gasteiger partial charge in [0.05, 0.1) is 18.0 Å². The van der Waals surface area contributed by atoms with E-state index in [1.807, 2.05) is 48.7 Å². The van der Waals surface area contributed by atoms with Crippen molar-refractivity contribution in [3.05, 3.63) is 41.1 Å². The lowest BCUT2D eigenvalue weighted by Crippen LogP contribution is -2.15. The Morgan fingerprint density at radius 3 is 2.78 bits per heavy atom. The Hall–Kier alpha value is -2.26. The number of amides is 1. The van der Waals surface area contributed by atoms with Crippen LogP contribution in [0.2, 0.25) is 0 Å². The summed E-state index contributed by atoms with van der Waals surface area (Å²) in [6.45, 7) is 5.10. The first-order valence-electron chi connectivity index (χ1n) is 8.45. The maximum atomic E-state index is 12.4. The Bertz CT molecular complexity index is 925. The fourth-order valence-electron chi connectivity index (χ4n) is 2.46. The first-order chi connectivity index (χ1) is 13.1. The molecule has 1 amide bonds. The van der Waals surface area contributed by atoms with E-state index in [-0.39, 0.29) is 11.7 Å². The van der Waals surface area contributed by atoms with Gasteiger partial charge in [0.1, 0.15) is 5.75 Å². The molecule has 0 atom stereocenters. The van der Waals surface area contributed by atoms with Crippen LogP contribution in [-0.4, -0.2) is 33.0 Å². The van der Waals surface area contributed by atoms with Crippen LogP contribution >= 0.6 is 27.7 Å². The molecule has 0 radical (unpaired) electrons. The van der Waals surface area contributed by atoms with E-state index in [1.54, 1.807) is 6.07 Å². The molecule has 142 valence electrons. The second kappa shape index (κ2) is 9.09. The highest BCUT2D eigenvalue weighted by molar-refractivity contribution is 9.10. The van der Waals surface area contributed by atoms with Gasteiger partial charge in [0.25, 0.3) is 0 Å². The van der Waals surface area contributed by atoms with E-state index in [2.05, 4.69) is 31.4 Å². The van der Waals surface area contributed by atoms with Crippen LogP contribution < -0.4 is 10.1 Å². The topological polar surface area (TPSA) is 82.2 Å². The van der Waals surface area contributed by atoms with Crippen LogP contribution in [0.25, 0.3) is 11.6 Å². The van der Waals surface area contributed by atoms with E-state index >= 15 is 0 Å². The van der Waals surface area contributed by atoms with Gasteiger partial charge in [0.2, 0.25) is 11.7 Å². The molecule has 27 heavy (non-hydrogen) atoms. The molecule has 1 N–H and O–H groups in total. The molecule has 3 rings (SSSR count). The molecule has 0 fully saturated rings. The van der Waals surface area contributed by atoms with Crippen LogP contribution in [-0.2, 0) is 11.3 Å². The van der Waals surface area contributed by atoms with Crippen LogP contribution in [0, 0.1) is 0 Å². The molecule has 0 aliphatic rings. The number of nitrogens with one attached hydrogen (secondary N) is 1. The SMILES string of the molecule is CCOc1ccccc1NC(=O)CSc1nnc(-c2ccc(Br)o2)n1CC. The number of anilines is 1. The van der Waals surface area contributed by atoms with Gasteiger partial charge >= 0.3 is 0 Å². The van der Waals surface area contributed by atoms with Crippen molar-refractivity contribution < 1.29 is 13.9 Å². The third-order valence-electron chi connectivity index (χ3n) is 3.62. The standard InChI is InChI=1S/C18H19BrN4O3S/c1-3-23-17(14-9-10-15(19)26-14)21-22-18(23)27-11-16(24)20-12-7-5-6-8-13(12)25-4-2/h5-10H,3-4,11H2,1-2H3,(H,20,24). The third-order valence-corrected chi connectivity index (χ3v) is 5.01. The summed E-state index contributed by atoms with van der Waals surface area (Å²) in [5, 5.41) is 11.9. The minimum absolute atomic E-state index is 0.139. The number of rotatable bonds is 8. The zero-order chi connectivity index (χ0) is 19.2. The number of hydrogen-bond donors (Lipinski definition) is 1. The second-order valence-electron chi connectivity index (χ2n) is 5.42. The summed E-state index contributed by atoms with van der Waals surface area (Å²) in [6, 6.07) is 11.0. The van der Waals surface area contributed by atoms with E-state index in [0.29, 0.717) is 46.0 Å². The molecule has 2 aromatic heterocycles. The molecule has 0 saturated heterocycles. The zero-order valence-corrected chi connectivity index (χ0v) is 17.3. The fourth-order valence-corrected chi connectivity index (χ4v) is 3.57. The lowest BCUT2D eigenvalue weighted by atomic mass is 10.3. The molecule has 2 heterocycles. The Balaban J connectivity index is 1.67. The number of thioether (sulfide) groups is 1. The number of carbonyl (C=O) groups excluding carboxylic acids is 1. The Morgan fingerprint density at radius 2 is 2.07 bits per heavy atom. The van der Waals surface area contributed by atoms with Crippen LogP contribution in [0.1, 0.15) is 13.8 Å². The molecular weight excluding hydrogens is 432 g/mol. The first-order valence-corrected chi connectivity index (χ1v) is 10.2. The van der Waals surface area contributed by atoms with Crippen LogP contribution in [0.3, 0.4) is 0 Å². The van der Waals surface area contributed by atoms with E-state index < -0.39 is 0 Å². The summed E-state index contributed by atoms with van der Waals surface area (Å²) >= 11 is 4.61. The predicted octanol–water partition coefficient (Wildman–Crippen LogP) is 4.45. The number of ether oxygens (including phenoxy) is 1. The summed E-state index contributed by atoms with van der Waals surface area (Å²) in [7, 11) is 0. The largest absolute Gasteiger partial charge is 0.492 e. The first kappa shape index (κ1) is 19.5. The summed E-state index contributed by atoms with van der Waals surface area (Å²) in [4.78, 5) is 12.4. The molecule has 7 nitrogen and oxygen atoms in total. The van der Waals surface area contributed by atoms with Gasteiger partial charge in [-0.3, -0.25) is 9.36 Å². The van der Waals surface area contributed by atoms with Gasteiger partial charge in [-0.15, -0.1) is 10.2 Å². The monoisotopic (exact) mass is 450 g/mol. The number of furan rings is 1. The number of hydrogen-bond acceptors (Lipinski definition) is 6. The molecular formula is C18H19BrN4O3S. The number of benzene rings is 1. The summed E-state index contributed by atoms with van der Waals surface area (Å²) in [5.41, 5.74) is 0.656. The van der Waals surface area contributed by atoms with Gasteiger partial charge in [-0.25, -0.2) is 0 Å². The van der Waals surface area contributed by atoms with Crippen molar-refractivity contribution in [1.29, 1.82) is 0 Å². The maximum Gasteiger partial charge on any atom is 0.234 e. The lowest BCUT2D eigenvalue weighted by molar-refractivity contribution is -0.113. The Morgan fingerprint density at radius 1 is 1.26 bits per heavy atom. The molecule has 1 aromatic carbocycles. The Kier molecular flexibility index (Phi) is 6.57. The minimum atomic E-state index is -0.139. The number of para-hydroxylation sites is 2. The zero-order valence-electron chi connectivity index (χ0n) is 14.9. The van der Waals surface area contributed by atoms with Crippen molar-refractivity contribution >= 4 is 39.3 Å². The van der Waals surface area contributed by atoms with Gasteiger partial charge in [0.15, 0.2) is 15.6 Å². The quantitative estimate of drug-likeness (QED) is 0.510. The van der Waals surface area contributed by atoms with Crippen molar-refractivity contribution in [1.82, 2.24) is 14.8 Å². The lowest BCUT2D eigenvalue weighted by Gasteiger charge is -2.11. The predicted molar refractivity (Wildman–Crippen MR) is 108 cm³/mol. The van der Waals surface area contributed by atoms with Crippen molar-refractivity contribution in [2.75, 3.05) is 17.7 Å². The summed E-state index contributed by atoms with van der Waals surface area (Å²) in [5.74, 6) is 1.98. The molecule has 0 spiro atoms. The fraction of sp³-hybridized carbons (Fsp3) is 0.278. The number of halogens is 1. The molecule has 0 aliphatic carbocycles. The van der Waals surface area contributed by atoms with Gasteiger partial charge in [-0.2, -0.15) is 0 Å². The van der Waals surface area contributed by atoms with Crippen LogP contribution in [0.4, 0.5) is 5.69 Å². The highest BCUT2D eigenvalue weighted by atomic mass is 79.9. The molecule has 9 heteroatoms. The average Bonchev–Trinajstić information content (AvgIpc) is 3.27. The highest BCUT2D eigenvalue weighted by Gasteiger charge is 2.17. The van der Waals surface area contributed by atoms with Crippen LogP contribution in [0.5, 0.6) is 5.75 Å². The smallest absolute Gasteiger partial charge is 0.234 e. The number of nitrogens with zero attached hydrogens (tertiary/aromatic N) is 3. The normalized spacial score (nSPS) is 10.8. The van der Waals surface area contributed by atoms with Crippen molar-refractivity contribution in [3.8, 4) is 17.3 Å². The molecule has 3 aromatic rings. The van der Waals surface area contributed by atoms with Gasteiger partial charge < -0.3 is 14.5 Å². The molecule has 0 aliphatic heterocycles. The van der Waals surface area contributed by atoms with Crippen LogP contribution in [0.15, 0.2) is 50.6 Å². The second-order valence-corrected chi connectivity index (χ2v) is 7.14.